The monoisotopic (exact) mass is 414 g/mol. The van der Waals surface area contributed by atoms with Crippen molar-refractivity contribution in [1.82, 2.24) is 5.01 Å². The number of rotatable bonds is 4. The molecule has 0 fully saturated rings. The zero-order valence-electron chi connectivity index (χ0n) is 13.5. The summed E-state index contributed by atoms with van der Waals surface area (Å²) in [5, 5.41) is 24.5. The van der Waals surface area contributed by atoms with E-state index in [9.17, 15) is 14.7 Å². The van der Waals surface area contributed by atoms with Crippen molar-refractivity contribution in [3.05, 3.63) is 76.3 Å². The Hall–Kier alpha value is -2.93. The fourth-order valence-corrected chi connectivity index (χ4v) is 3.03. The maximum absolute atomic E-state index is 12.5. The lowest BCUT2D eigenvalue weighted by Crippen LogP contribution is -2.25. The van der Waals surface area contributed by atoms with Crippen LogP contribution in [-0.4, -0.2) is 32.8 Å². The molecule has 1 aliphatic rings. The number of hydrazone groups is 1. The summed E-state index contributed by atoms with van der Waals surface area (Å²) in [4.78, 5) is 23.2. The van der Waals surface area contributed by atoms with Crippen molar-refractivity contribution in [2.45, 2.75) is 12.5 Å². The number of carboxylic acid groups (broad SMARTS) is 1. The van der Waals surface area contributed by atoms with Gasteiger partial charge in [0.15, 0.2) is 0 Å². The minimum absolute atomic E-state index is 0.0600. The smallest absolute Gasteiger partial charge is 0.328 e. The van der Waals surface area contributed by atoms with E-state index in [1.807, 2.05) is 24.3 Å². The van der Waals surface area contributed by atoms with Crippen molar-refractivity contribution in [2.75, 3.05) is 0 Å². The Morgan fingerprint density at radius 2 is 1.81 bits per heavy atom. The number of amides is 1. The highest BCUT2D eigenvalue weighted by atomic mass is 79.9. The number of para-hydroxylation sites is 1. The van der Waals surface area contributed by atoms with Crippen LogP contribution < -0.4 is 0 Å². The van der Waals surface area contributed by atoms with E-state index in [0.717, 1.165) is 22.2 Å². The molecule has 132 valence electrons. The van der Waals surface area contributed by atoms with E-state index in [4.69, 9.17) is 5.11 Å². The van der Waals surface area contributed by atoms with Gasteiger partial charge >= 0.3 is 5.97 Å². The highest BCUT2D eigenvalue weighted by molar-refractivity contribution is 9.10. The van der Waals surface area contributed by atoms with Gasteiger partial charge in [-0.25, -0.2) is 9.80 Å². The number of halogens is 1. The van der Waals surface area contributed by atoms with Crippen molar-refractivity contribution in [3.8, 4) is 5.75 Å². The first-order chi connectivity index (χ1) is 12.5. The molecule has 0 aromatic heterocycles. The molecule has 7 heteroatoms. The third-order valence-electron chi connectivity index (χ3n) is 3.98. The fourth-order valence-electron chi connectivity index (χ4n) is 2.76. The van der Waals surface area contributed by atoms with E-state index in [1.165, 1.54) is 5.01 Å². The summed E-state index contributed by atoms with van der Waals surface area (Å²) in [6, 6.07) is 13.7. The van der Waals surface area contributed by atoms with Crippen molar-refractivity contribution >= 4 is 33.5 Å². The molecule has 0 saturated carbocycles. The Morgan fingerprint density at radius 1 is 1.12 bits per heavy atom. The van der Waals surface area contributed by atoms with Gasteiger partial charge in [-0.05, 0) is 23.8 Å². The molecule has 0 saturated heterocycles. The van der Waals surface area contributed by atoms with E-state index >= 15 is 0 Å². The van der Waals surface area contributed by atoms with E-state index < -0.39 is 17.9 Å². The van der Waals surface area contributed by atoms with Gasteiger partial charge in [-0.3, -0.25) is 4.79 Å². The van der Waals surface area contributed by atoms with E-state index in [-0.39, 0.29) is 5.75 Å². The van der Waals surface area contributed by atoms with Gasteiger partial charge in [0, 0.05) is 28.6 Å². The largest absolute Gasteiger partial charge is 0.508 e. The van der Waals surface area contributed by atoms with Gasteiger partial charge < -0.3 is 10.2 Å². The van der Waals surface area contributed by atoms with E-state index in [0.29, 0.717) is 17.7 Å². The summed E-state index contributed by atoms with van der Waals surface area (Å²) in [5.41, 5.74) is 2.09. The molecule has 1 aliphatic heterocycles. The van der Waals surface area contributed by atoms with Gasteiger partial charge in [0.2, 0.25) is 0 Å². The molecule has 2 aromatic carbocycles. The summed E-state index contributed by atoms with van der Waals surface area (Å²) in [6.45, 7) is 0. The minimum Gasteiger partial charge on any atom is -0.508 e. The molecule has 2 aromatic rings. The number of carboxylic acids is 1. The molecule has 3 rings (SSSR count). The van der Waals surface area contributed by atoms with Crippen LogP contribution in [-0.2, 0) is 9.59 Å². The Labute approximate surface area is 158 Å². The molecule has 1 heterocycles. The van der Waals surface area contributed by atoms with Gasteiger partial charge in [0.1, 0.15) is 5.75 Å². The van der Waals surface area contributed by atoms with Crippen LogP contribution in [0, 0.1) is 0 Å². The summed E-state index contributed by atoms with van der Waals surface area (Å²) in [5.74, 6) is -1.72. The Bertz CT molecular complexity index is 906. The van der Waals surface area contributed by atoms with Crippen LogP contribution in [0.25, 0.3) is 0 Å². The second-order valence-electron chi connectivity index (χ2n) is 5.69. The average Bonchev–Trinajstić information content (AvgIpc) is 3.06. The first-order valence-corrected chi connectivity index (χ1v) is 8.60. The van der Waals surface area contributed by atoms with Crippen LogP contribution in [0.1, 0.15) is 23.6 Å². The zero-order valence-corrected chi connectivity index (χ0v) is 15.1. The number of aromatic hydroxyl groups is 1. The zero-order chi connectivity index (χ0) is 18.7. The number of aliphatic carboxylic acids is 1. The number of carbonyl (C=O) groups is 2. The van der Waals surface area contributed by atoms with E-state index in [1.54, 1.807) is 24.3 Å². The van der Waals surface area contributed by atoms with Crippen LogP contribution >= 0.6 is 15.9 Å². The van der Waals surface area contributed by atoms with Gasteiger partial charge in [-0.15, -0.1) is 0 Å². The number of benzene rings is 2. The second-order valence-corrected chi connectivity index (χ2v) is 6.60. The first kappa shape index (κ1) is 17.9. The third-order valence-corrected chi connectivity index (χ3v) is 4.51. The lowest BCUT2D eigenvalue weighted by Gasteiger charge is -2.21. The van der Waals surface area contributed by atoms with E-state index in [2.05, 4.69) is 21.0 Å². The minimum atomic E-state index is -1.21. The van der Waals surface area contributed by atoms with Crippen molar-refractivity contribution in [3.63, 3.8) is 0 Å². The molecule has 0 spiro atoms. The molecule has 26 heavy (non-hydrogen) atoms. The molecular weight excluding hydrogens is 400 g/mol. The maximum Gasteiger partial charge on any atom is 0.328 e. The number of phenolic OH excluding ortho intramolecular Hbond substituents is 1. The van der Waals surface area contributed by atoms with Gasteiger partial charge in [0.05, 0.1) is 11.8 Å². The first-order valence-electron chi connectivity index (χ1n) is 7.81. The molecule has 1 atom stereocenters. The fraction of sp³-hybridized carbons (Fsp3) is 0.105. The number of phenols is 1. The normalized spacial score (nSPS) is 16.7. The van der Waals surface area contributed by atoms with Crippen LogP contribution in [0.4, 0.5) is 0 Å². The Kier molecular flexibility index (Phi) is 5.18. The molecule has 0 radical (unpaired) electrons. The van der Waals surface area contributed by atoms with Crippen LogP contribution in [0.15, 0.2) is 70.3 Å². The lowest BCUT2D eigenvalue weighted by atomic mass is 9.98. The third kappa shape index (κ3) is 3.83. The number of carbonyl (C=O) groups excluding carboxylic acids is 1. The maximum atomic E-state index is 12.5. The quantitative estimate of drug-likeness (QED) is 0.749. The van der Waals surface area contributed by atoms with Crippen LogP contribution in [0.2, 0.25) is 0 Å². The predicted octanol–water partition coefficient (Wildman–Crippen LogP) is 3.47. The predicted molar refractivity (Wildman–Crippen MR) is 99.8 cm³/mol. The molecule has 0 bridgehead atoms. The molecule has 6 nitrogen and oxygen atoms in total. The van der Waals surface area contributed by atoms with Gasteiger partial charge in [0.25, 0.3) is 5.91 Å². The van der Waals surface area contributed by atoms with Crippen molar-refractivity contribution < 1.29 is 19.8 Å². The number of nitrogens with zero attached hydrogens (tertiary/aromatic N) is 2. The highest BCUT2D eigenvalue weighted by Gasteiger charge is 2.33. The molecule has 1 amide bonds. The van der Waals surface area contributed by atoms with Gasteiger partial charge in [-0.2, -0.15) is 5.10 Å². The number of hydrogen-bond donors (Lipinski definition) is 2. The van der Waals surface area contributed by atoms with Crippen LogP contribution in [0.3, 0.4) is 0 Å². The highest BCUT2D eigenvalue weighted by Crippen LogP contribution is 2.37. The SMILES string of the molecule is O=C(O)/C=C\C(=O)N1N=C(c2ccc(Br)cc2)C[C@H]1c1ccccc1O. The average molecular weight is 415 g/mol. The molecule has 2 N–H and O–H groups in total. The summed E-state index contributed by atoms with van der Waals surface area (Å²) >= 11 is 3.38. The molecular formula is C19H15BrN2O4. The topological polar surface area (TPSA) is 90.2 Å². The standard InChI is InChI=1S/C19H15BrN2O4/c20-13-7-5-12(6-8-13)15-11-16(14-3-1-2-4-17(14)23)22(21-15)18(24)9-10-19(25)26/h1-10,16,23H,11H2,(H,25,26)/b10-9-/t16-/m0/s1. The van der Waals surface area contributed by atoms with Gasteiger partial charge in [-0.1, -0.05) is 46.3 Å². The van der Waals surface area contributed by atoms with Crippen molar-refractivity contribution in [1.29, 1.82) is 0 Å². The Morgan fingerprint density at radius 3 is 2.46 bits per heavy atom. The molecule has 0 aliphatic carbocycles. The van der Waals surface area contributed by atoms with Crippen LogP contribution in [0.5, 0.6) is 5.75 Å². The summed E-state index contributed by atoms with van der Waals surface area (Å²) < 4.78 is 0.925. The summed E-state index contributed by atoms with van der Waals surface area (Å²) in [6.07, 6.45) is 2.15. The molecule has 0 unspecified atom stereocenters. The second kappa shape index (κ2) is 7.53. The summed E-state index contributed by atoms with van der Waals surface area (Å²) in [7, 11) is 0. The van der Waals surface area contributed by atoms with Crippen molar-refractivity contribution in [2.24, 2.45) is 5.10 Å². The Balaban J connectivity index is 1.98. The lowest BCUT2D eigenvalue weighted by molar-refractivity contribution is -0.132. The number of hydrogen-bond acceptors (Lipinski definition) is 4.